The van der Waals surface area contributed by atoms with Gasteiger partial charge in [-0.2, -0.15) is 0 Å². The van der Waals surface area contributed by atoms with E-state index < -0.39 is 5.97 Å². The zero-order valence-electron chi connectivity index (χ0n) is 17.7. The summed E-state index contributed by atoms with van der Waals surface area (Å²) in [6, 6.07) is 20.6. The third-order valence-corrected chi connectivity index (χ3v) is 5.86. The first-order valence-electron chi connectivity index (χ1n) is 10.6. The van der Waals surface area contributed by atoms with E-state index in [-0.39, 0.29) is 11.7 Å². The highest BCUT2D eigenvalue weighted by Gasteiger charge is 2.27. The average molecular weight is 461 g/mol. The molecule has 2 amide bonds. The van der Waals surface area contributed by atoms with Gasteiger partial charge in [0.2, 0.25) is 5.90 Å². The lowest BCUT2D eigenvalue weighted by molar-refractivity contribution is -0.130. The minimum Gasteiger partial charge on any atom is -0.402 e. The molecule has 2 heterocycles. The van der Waals surface area contributed by atoms with Crippen LogP contribution in [0.3, 0.4) is 0 Å². The number of ether oxygens (including phenoxy) is 1. The van der Waals surface area contributed by atoms with E-state index in [9.17, 15) is 9.59 Å². The van der Waals surface area contributed by atoms with Crippen molar-refractivity contribution in [1.29, 1.82) is 0 Å². The number of nitrogens with one attached hydrogen (secondary N) is 1. The molecule has 8 heteroatoms. The summed E-state index contributed by atoms with van der Waals surface area (Å²) in [5.41, 5.74) is 1.70. The van der Waals surface area contributed by atoms with E-state index >= 15 is 0 Å². The molecule has 3 aromatic carbocycles. The van der Waals surface area contributed by atoms with Crippen LogP contribution in [0.25, 0.3) is 10.8 Å². The minimum atomic E-state index is -0.473. The number of hydrogen-bond acceptors (Lipinski definition) is 5. The third-order valence-electron chi connectivity index (χ3n) is 5.62. The highest BCUT2D eigenvalue weighted by molar-refractivity contribution is 6.30. The van der Waals surface area contributed by atoms with Crippen molar-refractivity contribution in [1.82, 2.24) is 9.80 Å². The standard InChI is InChI=1S/C25H21ClN4O3/c26-18-7-4-8-19(15-18)27-25(32)30-13-11-29(12-14-30)16-22-24(31)33-23(28-22)21-10-3-6-17-5-1-2-9-20(17)21/h1-10,15-16H,11-14H2,(H,27,32). The lowest BCUT2D eigenvalue weighted by atomic mass is 10.0. The molecule has 3 aromatic rings. The van der Waals surface area contributed by atoms with E-state index in [4.69, 9.17) is 16.3 Å². The van der Waals surface area contributed by atoms with Crippen LogP contribution in [0.15, 0.2) is 83.6 Å². The number of halogens is 1. The van der Waals surface area contributed by atoms with Gasteiger partial charge in [-0.3, -0.25) is 0 Å². The van der Waals surface area contributed by atoms with Crippen LogP contribution in [-0.4, -0.2) is 53.9 Å². The molecule has 2 aliphatic heterocycles. The summed E-state index contributed by atoms with van der Waals surface area (Å²) in [5.74, 6) is -0.165. The van der Waals surface area contributed by atoms with Gasteiger partial charge < -0.3 is 19.9 Å². The van der Waals surface area contributed by atoms with Gasteiger partial charge in [-0.1, -0.05) is 54.1 Å². The van der Waals surface area contributed by atoms with Crippen molar-refractivity contribution in [2.75, 3.05) is 31.5 Å². The smallest absolute Gasteiger partial charge is 0.365 e. The monoisotopic (exact) mass is 460 g/mol. The fourth-order valence-electron chi connectivity index (χ4n) is 3.92. The van der Waals surface area contributed by atoms with Gasteiger partial charge in [0.05, 0.1) is 0 Å². The van der Waals surface area contributed by atoms with E-state index in [0.29, 0.717) is 42.8 Å². The Labute approximate surface area is 195 Å². The number of cyclic esters (lactones) is 1. The van der Waals surface area contributed by atoms with Gasteiger partial charge in [0.25, 0.3) is 0 Å². The number of amides is 2. The van der Waals surface area contributed by atoms with Crippen LogP contribution in [0.1, 0.15) is 5.56 Å². The molecule has 0 radical (unpaired) electrons. The van der Waals surface area contributed by atoms with E-state index in [1.165, 1.54) is 0 Å². The molecule has 0 bridgehead atoms. The van der Waals surface area contributed by atoms with Crippen molar-refractivity contribution in [3.8, 4) is 0 Å². The zero-order valence-corrected chi connectivity index (χ0v) is 18.5. The largest absolute Gasteiger partial charge is 0.402 e. The SMILES string of the molecule is O=C1OC(c2cccc3ccccc23)=NC1=CN1CCN(C(=O)Nc2cccc(Cl)c2)CC1. The molecule has 5 rings (SSSR count). The maximum absolute atomic E-state index is 12.5. The Kier molecular flexibility index (Phi) is 5.71. The molecule has 7 nitrogen and oxygen atoms in total. The molecule has 166 valence electrons. The lowest BCUT2D eigenvalue weighted by Crippen LogP contribution is -2.48. The van der Waals surface area contributed by atoms with Crippen LogP contribution >= 0.6 is 11.6 Å². The molecule has 0 unspecified atom stereocenters. The first-order valence-corrected chi connectivity index (χ1v) is 11.0. The summed E-state index contributed by atoms with van der Waals surface area (Å²) in [6.07, 6.45) is 1.71. The van der Waals surface area contributed by atoms with E-state index in [1.54, 1.807) is 35.4 Å². The van der Waals surface area contributed by atoms with Crippen molar-refractivity contribution in [2.45, 2.75) is 0 Å². The van der Waals surface area contributed by atoms with E-state index in [0.717, 1.165) is 16.3 Å². The van der Waals surface area contributed by atoms with Gasteiger partial charge in [0, 0.05) is 48.7 Å². The molecule has 0 aliphatic carbocycles. The normalized spacial score (nSPS) is 17.3. The number of aliphatic imine (C=N–C) groups is 1. The highest BCUT2D eigenvalue weighted by atomic mass is 35.5. The second kappa shape index (κ2) is 8.96. The summed E-state index contributed by atoms with van der Waals surface area (Å²) < 4.78 is 5.48. The summed E-state index contributed by atoms with van der Waals surface area (Å²) >= 11 is 5.98. The molecular weight excluding hydrogens is 440 g/mol. The van der Waals surface area contributed by atoms with Crippen LogP contribution in [0.2, 0.25) is 5.02 Å². The molecule has 33 heavy (non-hydrogen) atoms. The summed E-state index contributed by atoms with van der Waals surface area (Å²) in [6.45, 7) is 2.20. The highest BCUT2D eigenvalue weighted by Crippen LogP contribution is 2.24. The third kappa shape index (κ3) is 4.54. The Morgan fingerprint density at radius 1 is 1.00 bits per heavy atom. The molecule has 0 spiro atoms. The van der Waals surface area contributed by atoms with Crippen LogP contribution in [0.5, 0.6) is 0 Å². The Morgan fingerprint density at radius 2 is 1.76 bits per heavy atom. The van der Waals surface area contributed by atoms with Crippen molar-refractivity contribution in [2.24, 2.45) is 4.99 Å². The molecule has 0 aromatic heterocycles. The Bertz CT molecular complexity index is 1290. The van der Waals surface area contributed by atoms with Crippen molar-refractivity contribution in [3.05, 3.63) is 89.2 Å². The Balaban J connectivity index is 1.25. The number of benzene rings is 3. The summed E-state index contributed by atoms with van der Waals surface area (Å²) in [4.78, 5) is 33.2. The van der Waals surface area contributed by atoms with Crippen molar-refractivity contribution >= 4 is 46.0 Å². The topological polar surface area (TPSA) is 74.2 Å². The number of urea groups is 1. The number of nitrogens with zero attached hydrogens (tertiary/aromatic N) is 3. The quantitative estimate of drug-likeness (QED) is 0.461. The first-order chi connectivity index (χ1) is 16.1. The van der Waals surface area contributed by atoms with Crippen LogP contribution in [-0.2, 0) is 9.53 Å². The number of piperazine rings is 1. The maximum Gasteiger partial charge on any atom is 0.365 e. The maximum atomic E-state index is 12.5. The molecule has 0 saturated carbocycles. The van der Waals surface area contributed by atoms with Crippen molar-refractivity contribution in [3.63, 3.8) is 0 Å². The van der Waals surface area contributed by atoms with Gasteiger partial charge in [-0.05, 0) is 35.0 Å². The summed E-state index contributed by atoms with van der Waals surface area (Å²) in [5, 5.41) is 5.46. The average Bonchev–Trinajstić information content (AvgIpc) is 3.19. The molecule has 1 N–H and O–H groups in total. The van der Waals surface area contributed by atoms with Gasteiger partial charge in [-0.25, -0.2) is 14.6 Å². The number of rotatable bonds is 3. The number of hydrogen-bond donors (Lipinski definition) is 1. The Hall–Kier alpha value is -3.84. The number of carbonyl (C=O) groups excluding carboxylic acids is 2. The minimum absolute atomic E-state index is 0.180. The molecular formula is C25H21ClN4O3. The predicted octanol–water partition coefficient (Wildman–Crippen LogP) is 4.49. The second-order valence-electron chi connectivity index (χ2n) is 7.81. The molecule has 1 saturated heterocycles. The van der Waals surface area contributed by atoms with Gasteiger partial charge >= 0.3 is 12.0 Å². The van der Waals surface area contributed by atoms with Gasteiger partial charge in [0.1, 0.15) is 0 Å². The van der Waals surface area contributed by atoms with Crippen LogP contribution in [0.4, 0.5) is 10.5 Å². The number of carbonyl (C=O) groups is 2. The summed E-state index contributed by atoms with van der Waals surface area (Å²) in [7, 11) is 0. The van der Waals surface area contributed by atoms with Crippen LogP contribution < -0.4 is 5.32 Å². The second-order valence-corrected chi connectivity index (χ2v) is 8.25. The number of esters is 1. The van der Waals surface area contributed by atoms with E-state index in [1.807, 2.05) is 47.4 Å². The lowest BCUT2D eigenvalue weighted by Gasteiger charge is -2.34. The predicted molar refractivity (Wildman–Crippen MR) is 128 cm³/mol. The fourth-order valence-corrected chi connectivity index (χ4v) is 4.11. The van der Waals surface area contributed by atoms with E-state index in [2.05, 4.69) is 10.3 Å². The molecule has 0 atom stereocenters. The molecule has 1 fully saturated rings. The van der Waals surface area contributed by atoms with Gasteiger partial charge in [0.15, 0.2) is 5.70 Å². The van der Waals surface area contributed by atoms with Crippen molar-refractivity contribution < 1.29 is 14.3 Å². The van der Waals surface area contributed by atoms with Crippen LogP contribution in [0, 0.1) is 0 Å². The van der Waals surface area contributed by atoms with Gasteiger partial charge in [-0.15, -0.1) is 0 Å². The number of anilines is 1. The fraction of sp³-hybridized carbons (Fsp3) is 0.160. The number of fused-ring (bicyclic) bond motifs is 1. The first kappa shape index (κ1) is 21.0. The zero-order chi connectivity index (χ0) is 22.8. The molecule has 2 aliphatic rings. The Morgan fingerprint density at radius 3 is 2.58 bits per heavy atom.